The van der Waals surface area contributed by atoms with Gasteiger partial charge in [-0.3, -0.25) is 4.68 Å². The Hall–Kier alpha value is -2.54. The molecule has 1 aromatic carbocycles. The standard InChI is InChI=1S/C17H18N2O2/c1-3-4-8-11-19-16(12-14(2)18-19)17(20)21-13-15-9-6-5-7-10-15/h1,5-7,9-10,12H,4,8,11,13H2,2H3. The van der Waals surface area contributed by atoms with E-state index in [4.69, 9.17) is 11.2 Å². The summed E-state index contributed by atoms with van der Waals surface area (Å²) in [5.41, 5.74) is 2.23. The number of unbranched alkanes of at least 4 members (excludes halogenated alkanes) is 1. The van der Waals surface area contributed by atoms with Crippen LogP contribution in [0.3, 0.4) is 0 Å². The highest BCUT2D eigenvalue weighted by Crippen LogP contribution is 2.09. The summed E-state index contributed by atoms with van der Waals surface area (Å²) in [6.45, 7) is 2.73. The molecule has 0 saturated carbocycles. The molecular formula is C17H18N2O2. The molecule has 0 unspecified atom stereocenters. The van der Waals surface area contributed by atoms with E-state index in [9.17, 15) is 4.79 Å². The Morgan fingerprint density at radius 2 is 2.14 bits per heavy atom. The molecule has 0 radical (unpaired) electrons. The van der Waals surface area contributed by atoms with Crippen molar-refractivity contribution in [2.45, 2.75) is 32.9 Å². The van der Waals surface area contributed by atoms with Crippen molar-refractivity contribution in [2.24, 2.45) is 0 Å². The highest BCUT2D eigenvalue weighted by atomic mass is 16.5. The number of nitrogens with zero attached hydrogens (tertiary/aromatic N) is 2. The van der Waals surface area contributed by atoms with Gasteiger partial charge in [0.15, 0.2) is 0 Å². The number of ether oxygens (including phenoxy) is 1. The van der Waals surface area contributed by atoms with Crippen LogP contribution in [0.25, 0.3) is 0 Å². The minimum atomic E-state index is -0.361. The molecule has 4 nitrogen and oxygen atoms in total. The first-order chi connectivity index (χ1) is 10.2. The maximum atomic E-state index is 12.2. The fraction of sp³-hybridized carbons (Fsp3) is 0.294. The highest BCUT2D eigenvalue weighted by Gasteiger charge is 2.15. The molecule has 1 heterocycles. The molecule has 0 N–H and O–H groups in total. The van der Waals surface area contributed by atoms with Crippen molar-refractivity contribution in [2.75, 3.05) is 0 Å². The third-order valence-corrected chi connectivity index (χ3v) is 3.02. The first-order valence-corrected chi connectivity index (χ1v) is 6.89. The van der Waals surface area contributed by atoms with Crippen LogP contribution in [0.4, 0.5) is 0 Å². The van der Waals surface area contributed by atoms with Crippen molar-refractivity contribution in [3.63, 3.8) is 0 Å². The number of aryl methyl sites for hydroxylation is 2. The quantitative estimate of drug-likeness (QED) is 0.465. The summed E-state index contributed by atoms with van der Waals surface area (Å²) in [5, 5.41) is 4.31. The molecule has 0 spiro atoms. The normalized spacial score (nSPS) is 10.1. The van der Waals surface area contributed by atoms with E-state index in [0.717, 1.165) is 17.7 Å². The van der Waals surface area contributed by atoms with Crippen LogP contribution in [-0.2, 0) is 17.9 Å². The van der Waals surface area contributed by atoms with Gasteiger partial charge < -0.3 is 4.74 Å². The summed E-state index contributed by atoms with van der Waals surface area (Å²) < 4.78 is 7.00. The summed E-state index contributed by atoms with van der Waals surface area (Å²) in [5.74, 6) is 2.22. The lowest BCUT2D eigenvalue weighted by Crippen LogP contribution is -2.13. The van der Waals surface area contributed by atoms with Gasteiger partial charge in [0, 0.05) is 13.0 Å². The highest BCUT2D eigenvalue weighted by molar-refractivity contribution is 5.87. The van der Waals surface area contributed by atoms with Crippen LogP contribution in [-0.4, -0.2) is 15.7 Å². The first kappa shape index (κ1) is 14.9. The number of rotatable bonds is 6. The Morgan fingerprint density at radius 3 is 2.86 bits per heavy atom. The molecule has 0 atom stereocenters. The molecule has 4 heteroatoms. The average Bonchev–Trinajstić information content (AvgIpc) is 2.87. The summed E-state index contributed by atoms with van der Waals surface area (Å²) in [7, 11) is 0. The lowest BCUT2D eigenvalue weighted by Gasteiger charge is -2.07. The molecule has 2 aromatic rings. The molecule has 21 heavy (non-hydrogen) atoms. The van der Waals surface area contributed by atoms with Crippen LogP contribution in [0.2, 0.25) is 0 Å². The fourth-order valence-corrected chi connectivity index (χ4v) is 2.01. The van der Waals surface area contributed by atoms with Gasteiger partial charge in [0.05, 0.1) is 5.69 Å². The molecular weight excluding hydrogens is 264 g/mol. The number of hydrogen-bond acceptors (Lipinski definition) is 3. The fourth-order valence-electron chi connectivity index (χ4n) is 2.01. The van der Waals surface area contributed by atoms with Gasteiger partial charge >= 0.3 is 5.97 Å². The van der Waals surface area contributed by atoms with Crippen LogP contribution in [0.15, 0.2) is 36.4 Å². The van der Waals surface area contributed by atoms with Gasteiger partial charge in [0.2, 0.25) is 0 Å². The Bertz CT molecular complexity index is 639. The molecule has 0 saturated heterocycles. The summed E-state index contributed by atoms with van der Waals surface area (Å²) in [6.07, 6.45) is 6.69. The number of carbonyl (C=O) groups excluding carboxylic acids is 1. The van der Waals surface area contributed by atoms with E-state index >= 15 is 0 Å². The number of hydrogen-bond donors (Lipinski definition) is 0. The van der Waals surface area contributed by atoms with Crippen molar-refractivity contribution in [1.29, 1.82) is 0 Å². The van der Waals surface area contributed by atoms with Crippen LogP contribution in [0.5, 0.6) is 0 Å². The first-order valence-electron chi connectivity index (χ1n) is 6.89. The molecule has 108 valence electrons. The molecule has 0 fully saturated rings. The van der Waals surface area contributed by atoms with Crippen molar-refractivity contribution in [3.8, 4) is 12.3 Å². The second-order valence-corrected chi connectivity index (χ2v) is 4.76. The van der Waals surface area contributed by atoms with Gasteiger partial charge in [-0.05, 0) is 25.0 Å². The van der Waals surface area contributed by atoms with E-state index < -0.39 is 0 Å². The summed E-state index contributed by atoms with van der Waals surface area (Å²) >= 11 is 0. The molecule has 1 aromatic heterocycles. The van der Waals surface area contributed by atoms with Crippen LogP contribution < -0.4 is 0 Å². The van der Waals surface area contributed by atoms with Gasteiger partial charge in [-0.25, -0.2) is 4.79 Å². The largest absolute Gasteiger partial charge is 0.456 e. The van der Waals surface area contributed by atoms with E-state index in [-0.39, 0.29) is 12.6 Å². The third-order valence-electron chi connectivity index (χ3n) is 3.02. The topological polar surface area (TPSA) is 44.1 Å². The van der Waals surface area contributed by atoms with E-state index in [2.05, 4.69) is 11.0 Å². The smallest absolute Gasteiger partial charge is 0.356 e. The van der Waals surface area contributed by atoms with Crippen molar-refractivity contribution < 1.29 is 9.53 Å². The third kappa shape index (κ3) is 4.22. The zero-order valence-electron chi connectivity index (χ0n) is 12.1. The van der Waals surface area contributed by atoms with Gasteiger partial charge in [-0.2, -0.15) is 5.10 Å². The molecule has 0 aliphatic carbocycles. The van der Waals surface area contributed by atoms with Gasteiger partial charge in [0.1, 0.15) is 12.3 Å². The minimum Gasteiger partial charge on any atom is -0.456 e. The average molecular weight is 282 g/mol. The molecule has 2 rings (SSSR count). The zero-order chi connectivity index (χ0) is 15.1. The van der Waals surface area contributed by atoms with E-state index in [0.29, 0.717) is 18.7 Å². The Morgan fingerprint density at radius 1 is 1.38 bits per heavy atom. The number of benzene rings is 1. The monoisotopic (exact) mass is 282 g/mol. The minimum absolute atomic E-state index is 0.258. The maximum absolute atomic E-state index is 12.2. The Kier molecular flexibility index (Phi) is 5.16. The van der Waals surface area contributed by atoms with Crippen molar-refractivity contribution >= 4 is 5.97 Å². The summed E-state index contributed by atoms with van der Waals surface area (Å²) in [4.78, 5) is 12.2. The second kappa shape index (κ2) is 7.30. The Balaban J connectivity index is 2.00. The SMILES string of the molecule is C#CCCCn1nc(C)cc1C(=O)OCc1ccccc1. The van der Waals surface area contributed by atoms with Gasteiger partial charge in [-0.1, -0.05) is 30.3 Å². The molecule has 0 aliphatic rings. The van der Waals surface area contributed by atoms with E-state index in [1.54, 1.807) is 10.7 Å². The molecule has 0 amide bonds. The molecule has 0 bridgehead atoms. The van der Waals surface area contributed by atoms with Crippen molar-refractivity contribution in [3.05, 3.63) is 53.3 Å². The van der Waals surface area contributed by atoms with E-state index in [1.165, 1.54) is 0 Å². The second-order valence-electron chi connectivity index (χ2n) is 4.76. The van der Waals surface area contributed by atoms with Crippen LogP contribution in [0, 0.1) is 19.3 Å². The lowest BCUT2D eigenvalue weighted by molar-refractivity contribution is 0.0458. The maximum Gasteiger partial charge on any atom is 0.356 e. The number of carbonyl (C=O) groups is 1. The van der Waals surface area contributed by atoms with Gasteiger partial charge in [-0.15, -0.1) is 12.3 Å². The zero-order valence-corrected chi connectivity index (χ0v) is 12.1. The summed E-state index contributed by atoms with van der Waals surface area (Å²) in [6, 6.07) is 11.3. The Labute approximate surface area is 124 Å². The number of esters is 1. The predicted octanol–water partition coefficient (Wildman–Crippen LogP) is 2.96. The lowest BCUT2D eigenvalue weighted by atomic mass is 10.2. The van der Waals surface area contributed by atoms with Crippen LogP contribution in [0.1, 0.15) is 34.6 Å². The number of aromatic nitrogens is 2. The number of terminal acetylenes is 1. The molecule has 0 aliphatic heterocycles. The van der Waals surface area contributed by atoms with E-state index in [1.807, 2.05) is 37.3 Å². The predicted molar refractivity (Wildman–Crippen MR) is 80.6 cm³/mol. The van der Waals surface area contributed by atoms with Crippen LogP contribution >= 0.6 is 0 Å². The van der Waals surface area contributed by atoms with Gasteiger partial charge in [0.25, 0.3) is 0 Å². The van der Waals surface area contributed by atoms with Crippen molar-refractivity contribution in [1.82, 2.24) is 9.78 Å².